The molecule has 17 nitrogen and oxygen atoms in total. The molecule has 0 fully saturated rings. The first-order chi connectivity index (χ1) is 52.7. The maximum Gasteiger partial charge on any atom is 0.472 e. The molecule has 0 saturated carbocycles. The van der Waals surface area contributed by atoms with Crippen molar-refractivity contribution in [2.75, 3.05) is 39.6 Å². The standard InChI is InChI=1S/C90H176O17P2/c1-9-82(7)68-60-52-44-36-30-24-18-13-11-12-14-20-26-32-38-48-56-64-72-89(94)106-85(76-100-87(92)70-62-54-46-37-31-25-19-16-15-17-22-28-34-42-50-58-66-80(3)4)78-104-108(96,97)102-74-84(91)75-103-109(98,99)105-79-86(77-101-88(93)71-63-55-47-41-40-45-53-61-69-83(8)10-2)107-90(95)73-65-57-49-39-33-27-21-23-29-35-43-51-59-67-81(5)6/h80-86,91H,9-79H2,1-8H3,(H,96,97)(H,98,99)/t82?,83?,84-,85-,86-/m1/s1. The van der Waals surface area contributed by atoms with Crippen LogP contribution in [0.2, 0.25) is 0 Å². The second-order valence-corrected chi connectivity index (χ2v) is 36.7. The minimum atomic E-state index is -4.97. The first-order valence-corrected chi connectivity index (χ1v) is 49.3. The highest BCUT2D eigenvalue weighted by Gasteiger charge is 2.31. The van der Waals surface area contributed by atoms with Crippen molar-refractivity contribution in [2.45, 2.75) is 491 Å². The number of carbonyl (C=O) groups is 4. The Morgan fingerprint density at radius 1 is 0.257 bits per heavy atom. The van der Waals surface area contributed by atoms with Crippen LogP contribution in [0.4, 0.5) is 0 Å². The van der Waals surface area contributed by atoms with Gasteiger partial charge in [0.25, 0.3) is 0 Å². The first kappa shape index (κ1) is 107. The Labute approximate surface area is 670 Å². The summed E-state index contributed by atoms with van der Waals surface area (Å²) in [5.41, 5.74) is 0. The molecular formula is C90H176O17P2. The molecule has 7 atom stereocenters. The molecule has 0 saturated heterocycles. The topological polar surface area (TPSA) is 237 Å². The van der Waals surface area contributed by atoms with E-state index in [1.807, 2.05) is 0 Å². The average Bonchev–Trinajstić information content (AvgIpc) is 0.897. The van der Waals surface area contributed by atoms with Gasteiger partial charge in [0.1, 0.15) is 19.3 Å². The third-order valence-corrected chi connectivity index (χ3v) is 23.7. The van der Waals surface area contributed by atoms with Crippen LogP contribution in [0.3, 0.4) is 0 Å². The molecule has 0 amide bonds. The van der Waals surface area contributed by atoms with Gasteiger partial charge in [-0.1, -0.05) is 421 Å². The number of carbonyl (C=O) groups excluding carboxylic acids is 4. The summed E-state index contributed by atoms with van der Waals surface area (Å²) in [6.45, 7) is 14.4. The molecule has 4 unspecified atom stereocenters. The molecule has 0 aromatic heterocycles. The van der Waals surface area contributed by atoms with E-state index in [4.69, 9.17) is 37.0 Å². The number of phosphoric acid groups is 2. The fraction of sp³-hybridized carbons (Fsp3) is 0.956. The largest absolute Gasteiger partial charge is 0.472 e. The van der Waals surface area contributed by atoms with Gasteiger partial charge < -0.3 is 33.8 Å². The number of hydrogen-bond donors (Lipinski definition) is 3. The molecule has 109 heavy (non-hydrogen) atoms. The van der Waals surface area contributed by atoms with E-state index in [2.05, 4.69) is 55.4 Å². The minimum absolute atomic E-state index is 0.107. The van der Waals surface area contributed by atoms with E-state index in [1.165, 1.54) is 276 Å². The molecule has 0 bridgehead atoms. The number of phosphoric ester groups is 2. The summed E-state index contributed by atoms with van der Waals surface area (Å²) < 4.78 is 69.0. The van der Waals surface area contributed by atoms with Crippen molar-refractivity contribution in [1.82, 2.24) is 0 Å². The van der Waals surface area contributed by atoms with Gasteiger partial charge in [-0.25, -0.2) is 9.13 Å². The van der Waals surface area contributed by atoms with Gasteiger partial charge in [0.2, 0.25) is 0 Å². The van der Waals surface area contributed by atoms with Crippen molar-refractivity contribution >= 4 is 39.5 Å². The number of rotatable bonds is 87. The molecule has 0 radical (unpaired) electrons. The fourth-order valence-electron chi connectivity index (χ4n) is 14.0. The first-order valence-electron chi connectivity index (χ1n) is 46.3. The summed E-state index contributed by atoms with van der Waals surface area (Å²) in [6.07, 6.45) is 69.3. The number of hydrogen-bond acceptors (Lipinski definition) is 15. The lowest BCUT2D eigenvalue weighted by Crippen LogP contribution is -2.30. The van der Waals surface area contributed by atoms with Crippen LogP contribution in [0.15, 0.2) is 0 Å². The lowest BCUT2D eigenvalue weighted by molar-refractivity contribution is -0.161. The molecule has 0 aliphatic heterocycles. The van der Waals surface area contributed by atoms with E-state index in [-0.39, 0.29) is 25.7 Å². The summed E-state index contributed by atoms with van der Waals surface area (Å²) in [7, 11) is -9.94. The summed E-state index contributed by atoms with van der Waals surface area (Å²) in [5, 5.41) is 10.7. The lowest BCUT2D eigenvalue weighted by atomic mass is 9.99. The minimum Gasteiger partial charge on any atom is -0.462 e. The van der Waals surface area contributed by atoms with E-state index < -0.39 is 97.5 Å². The van der Waals surface area contributed by atoms with Crippen LogP contribution in [0, 0.1) is 23.7 Å². The van der Waals surface area contributed by atoms with Crippen LogP contribution in [0.1, 0.15) is 473 Å². The maximum atomic E-state index is 13.2. The van der Waals surface area contributed by atoms with E-state index >= 15 is 0 Å². The number of aliphatic hydroxyl groups is 1. The molecule has 0 aromatic carbocycles. The second kappa shape index (κ2) is 78.6. The summed E-state index contributed by atoms with van der Waals surface area (Å²) in [5.74, 6) is 1.15. The van der Waals surface area contributed by atoms with Crippen LogP contribution in [-0.4, -0.2) is 96.7 Å². The molecule has 648 valence electrons. The molecule has 0 heterocycles. The number of ether oxygens (including phenoxy) is 4. The molecule has 3 N–H and O–H groups in total. The highest BCUT2D eigenvalue weighted by atomic mass is 31.2. The van der Waals surface area contributed by atoms with Crippen molar-refractivity contribution in [1.29, 1.82) is 0 Å². The summed E-state index contributed by atoms with van der Waals surface area (Å²) in [4.78, 5) is 73.4. The Balaban J connectivity index is 5.26. The third kappa shape index (κ3) is 81.0. The highest BCUT2D eigenvalue weighted by Crippen LogP contribution is 2.45. The smallest absolute Gasteiger partial charge is 0.462 e. The van der Waals surface area contributed by atoms with Crippen molar-refractivity contribution in [2.24, 2.45) is 23.7 Å². The van der Waals surface area contributed by atoms with Crippen molar-refractivity contribution in [3.8, 4) is 0 Å². The van der Waals surface area contributed by atoms with E-state index in [0.29, 0.717) is 25.7 Å². The Kier molecular flexibility index (Phi) is 77.2. The molecule has 0 rings (SSSR count). The second-order valence-electron chi connectivity index (χ2n) is 33.8. The van der Waals surface area contributed by atoms with Gasteiger partial charge in [0.15, 0.2) is 12.2 Å². The van der Waals surface area contributed by atoms with Gasteiger partial charge in [0, 0.05) is 25.7 Å². The van der Waals surface area contributed by atoms with Crippen molar-refractivity contribution < 1.29 is 80.2 Å². The van der Waals surface area contributed by atoms with Crippen LogP contribution >= 0.6 is 15.6 Å². The zero-order chi connectivity index (χ0) is 80.2. The third-order valence-electron chi connectivity index (χ3n) is 21.8. The van der Waals surface area contributed by atoms with E-state index in [1.54, 1.807) is 0 Å². The number of aliphatic hydroxyl groups excluding tert-OH is 1. The van der Waals surface area contributed by atoms with Crippen LogP contribution in [0.5, 0.6) is 0 Å². The van der Waals surface area contributed by atoms with Crippen molar-refractivity contribution in [3.05, 3.63) is 0 Å². The van der Waals surface area contributed by atoms with E-state index in [0.717, 1.165) is 114 Å². The monoisotopic (exact) mass is 1590 g/mol. The van der Waals surface area contributed by atoms with Gasteiger partial charge >= 0.3 is 39.5 Å². The van der Waals surface area contributed by atoms with Crippen LogP contribution < -0.4 is 0 Å². The molecule has 0 aliphatic carbocycles. The Bertz CT molecular complexity index is 2110. The van der Waals surface area contributed by atoms with Gasteiger partial charge in [-0.05, 0) is 49.4 Å². The van der Waals surface area contributed by atoms with Crippen molar-refractivity contribution in [3.63, 3.8) is 0 Å². The van der Waals surface area contributed by atoms with Gasteiger partial charge in [-0.2, -0.15) is 0 Å². The molecular weight excluding hydrogens is 1410 g/mol. The Hall–Kier alpha value is -1.94. The zero-order valence-corrected chi connectivity index (χ0v) is 74.0. The normalized spacial score (nSPS) is 14.4. The van der Waals surface area contributed by atoms with Gasteiger partial charge in [-0.3, -0.25) is 37.3 Å². The SMILES string of the molecule is CCC(C)CCCCCCCCCCCCCCCCCCCCC(=O)O[C@H](COC(=O)CCCCCCCCCCCCCCCCCCC(C)C)COP(=O)(O)OC[C@@H](O)COP(=O)(O)OC[C@@H](COC(=O)CCCCCCCCCCC(C)CC)OC(=O)CCCCCCCCCCCCCCCC(C)C. The fourth-order valence-corrected chi connectivity index (χ4v) is 15.5. The molecule has 19 heteroatoms. The molecule has 0 aliphatic rings. The van der Waals surface area contributed by atoms with Crippen LogP contribution in [-0.2, 0) is 65.4 Å². The Morgan fingerprint density at radius 2 is 0.440 bits per heavy atom. The quantitative estimate of drug-likeness (QED) is 0.0222. The predicted molar refractivity (Wildman–Crippen MR) is 451 cm³/mol. The average molecular weight is 1590 g/mol. The summed E-state index contributed by atoms with van der Waals surface area (Å²) >= 11 is 0. The van der Waals surface area contributed by atoms with E-state index in [9.17, 15) is 43.2 Å². The Morgan fingerprint density at radius 3 is 0.651 bits per heavy atom. The predicted octanol–water partition coefficient (Wildman–Crippen LogP) is 27.5. The molecule has 0 aromatic rings. The maximum absolute atomic E-state index is 13.2. The van der Waals surface area contributed by atoms with Gasteiger partial charge in [0.05, 0.1) is 26.4 Å². The zero-order valence-electron chi connectivity index (χ0n) is 72.2. The number of esters is 4. The lowest BCUT2D eigenvalue weighted by Gasteiger charge is -2.21. The number of unbranched alkanes of at least 4 members (excludes halogenated alkanes) is 51. The molecule has 0 spiro atoms. The summed E-state index contributed by atoms with van der Waals surface area (Å²) in [6, 6.07) is 0. The van der Waals surface area contributed by atoms with Gasteiger partial charge in [-0.15, -0.1) is 0 Å². The highest BCUT2D eigenvalue weighted by molar-refractivity contribution is 7.47. The van der Waals surface area contributed by atoms with Crippen LogP contribution in [0.25, 0.3) is 0 Å².